The molecule has 0 heterocycles. The summed E-state index contributed by atoms with van der Waals surface area (Å²) in [4.78, 5) is 12.2. The van der Waals surface area contributed by atoms with Gasteiger partial charge in [0.05, 0.1) is 5.69 Å². The van der Waals surface area contributed by atoms with Crippen LogP contribution in [0.4, 0.5) is 11.4 Å². The second-order valence-electron chi connectivity index (χ2n) is 5.19. The van der Waals surface area contributed by atoms with Crippen molar-refractivity contribution in [2.75, 3.05) is 11.1 Å². The lowest BCUT2D eigenvalue weighted by Gasteiger charge is -2.25. The van der Waals surface area contributed by atoms with E-state index < -0.39 is 0 Å². The van der Waals surface area contributed by atoms with Gasteiger partial charge in [0.1, 0.15) is 0 Å². The molecule has 0 radical (unpaired) electrons. The van der Waals surface area contributed by atoms with Gasteiger partial charge in [0.2, 0.25) is 5.91 Å². The molecular weight excluding hydrogens is 292 g/mol. The van der Waals surface area contributed by atoms with E-state index in [-0.39, 0.29) is 11.8 Å². The van der Waals surface area contributed by atoms with Crippen molar-refractivity contribution >= 4 is 33.2 Å². The third kappa shape index (κ3) is 3.25. The molecule has 1 aromatic carbocycles. The van der Waals surface area contributed by atoms with Crippen molar-refractivity contribution in [3.63, 3.8) is 0 Å². The zero-order chi connectivity index (χ0) is 13.1. The van der Waals surface area contributed by atoms with Crippen LogP contribution in [0, 0.1) is 11.8 Å². The smallest absolute Gasteiger partial charge is 0.227 e. The van der Waals surface area contributed by atoms with Gasteiger partial charge in [0, 0.05) is 16.1 Å². The Hall–Kier alpha value is -1.03. The lowest BCUT2D eigenvalue weighted by molar-refractivity contribution is -0.121. The van der Waals surface area contributed by atoms with E-state index in [0.717, 1.165) is 41.8 Å². The van der Waals surface area contributed by atoms with E-state index in [4.69, 9.17) is 5.73 Å². The van der Waals surface area contributed by atoms with Crippen LogP contribution in [0.5, 0.6) is 0 Å². The highest BCUT2D eigenvalue weighted by molar-refractivity contribution is 9.10. The molecule has 1 saturated carbocycles. The van der Waals surface area contributed by atoms with Crippen molar-refractivity contribution in [2.45, 2.75) is 32.6 Å². The van der Waals surface area contributed by atoms with Gasteiger partial charge in [0.15, 0.2) is 0 Å². The standard InChI is InChI=1S/C14H19BrN2O/c1-9-2-4-10(5-3-9)14(18)17-13-8-11(16)6-7-12(13)15/h6-10H,2-5,16H2,1H3,(H,17,18). The third-order valence-corrected chi connectivity index (χ3v) is 4.33. The first kappa shape index (κ1) is 13.4. The van der Waals surface area contributed by atoms with Gasteiger partial charge in [-0.15, -0.1) is 0 Å². The van der Waals surface area contributed by atoms with E-state index in [2.05, 4.69) is 28.2 Å². The summed E-state index contributed by atoms with van der Waals surface area (Å²) in [6, 6.07) is 5.45. The summed E-state index contributed by atoms with van der Waals surface area (Å²) in [5.41, 5.74) is 7.15. The first-order valence-corrected chi connectivity index (χ1v) is 7.21. The molecule has 0 aromatic heterocycles. The molecule has 0 spiro atoms. The Bertz CT molecular complexity index is 439. The van der Waals surface area contributed by atoms with Crippen LogP contribution in [0.25, 0.3) is 0 Å². The van der Waals surface area contributed by atoms with Crippen molar-refractivity contribution in [3.05, 3.63) is 22.7 Å². The Morgan fingerprint density at radius 1 is 1.33 bits per heavy atom. The quantitative estimate of drug-likeness (QED) is 0.816. The molecule has 0 saturated heterocycles. The molecule has 0 bridgehead atoms. The first-order chi connectivity index (χ1) is 8.56. The van der Waals surface area contributed by atoms with Gasteiger partial charge in [-0.1, -0.05) is 6.92 Å². The predicted molar refractivity (Wildman–Crippen MR) is 78.3 cm³/mol. The highest BCUT2D eigenvalue weighted by Crippen LogP contribution is 2.30. The van der Waals surface area contributed by atoms with Crippen LogP contribution in [0.1, 0.15) is 32.6 Å². The number of rotatable bonds is 2. The number of carbonyl (C=O) groups excluding carboxylic acids is 1. The number of carbonyl (C=O) groups is 1. The maximum absolute atomic E-state index is 12.2. The van der Waals surface area contributed by atoms with Gasteiger partial charge < -0.3 is 11.1 Å². The van der Waals surface area contributed by atoms with Crippen LogP contribution < -0.4 is 11.1 Å². The largest absolute Gasteiger partial charge is 0.399 e. The maximum Gasteiger partial charge on any atom is 0.227 e. The number of nitrogen functional groups attached to an aromatic ring is 1. The second kappa shape index (κ2) is 5.74. The fourth-order valence-electron chi connectivity index (χ4n) is 2.40. The zero-order valence-electron chi connectivity index (χ0n) is 10.6. The summed E-state index contributed by atoms with van der Waals surface area (Å²) in [6.45, 7) is 2.25. The fourth-order valence-corrected chi connectivity index (χ4v) is 2.74. The highest BCUT2D eigenvalue weighted by atomic mass is 79.9. The topological polar surface area (TPSA) is 55.1 Å². The minimum absolute atomic E-state index is 0.119. The van der Waals surface area contributed by atoms with Crippen molar-refractivity contribution < 1.29 is 4.79 Å². The minimum Gasteiger partial charge on any atom is -0.399 e. The molecule has 1 aromatic rings. The average molecular weight is 311 g/mol. The Labute approximate surface area is 116 Å². The van der Waals surface area contributed by atoms with E-state index in [1.54, 1.807) is 6.07 Å². The molecule has 0 unspecified atom stereocenters. The van der Waals surface area contributed by atoms with Gasteiger partial charge in [-0.05, 0) is 65.7 Å². The second-order valence-corrected chi connectivity index (χ2v) is 6.04. The van der Waals surface area contributed by atoms with Gasteiger partial charge in [-0.2, -0.15) is 0 Å². The van der Waals surface area contributed by atoms with Crippen molar-refractivity contribution in [3.8, 4) is 0 Å². The lowest BCUT2D eigenvalue weighted by Crippen LogP contribution is -2.26. The van der Waals surface area contributed by atoms with Crippen molar-refractivity contribution in [1.82, 2.24) is 0 Å². The number of nitrogens with two attached hydrogens (primary N) is 1. The monoisotopic (exact) mass is 310 g/mol. The average Bonchev–Trinajstić information content (AvgIpc) is 2.34. The van der Waals surface area contributed by atoms with Crippen LogP contribution in [0.3, 0.4) is 0 Å². The van der Waals surface area contributed by atoms with Crippen LogP contribution in [0.2, 0.25) is 0 Å². The molecule has 0 atom stereocenters. The van der Waals surface area contributed by atoms with E-state index in [0.29, 0.717) is 5.69 Å². The molecule has 4 heteroatoms. The number of anilines is 2. The summed E-state index contributed by atoms with van der Waals surface area (Å²) in [6.07, 6.45) is 4.28. The summed E-state index contributed by atoms with van der Waals surface area (Å²) >= 11 is 3.42. The van der Waals surface area contributed by atoms with Gasteiger partial charge >= 0.3 is 0 Å². The van der Waals surface area contributed by atoms with Gasteiger partial charge in [-0.3, -0.25) is 4.79 Å². The molecule has 1 fully saturated rings. The summed E-state index contributed by atoms with van der Waals surface area (Å²) in [5.74, 6) is 1.02. The van der Waals surface area contributed by atoms with Gasteiger partial charge in [-0.25, -0.2) is 0 Å². The number of nitrogens with one attached hydrogen (secondary N) is 1. The first-order valence-electron chi connectivity index (χ1n) is 6.42. The van der Waals surface area contributed by atoms with E-state index >= 15 is 0 Å². The van der Waals surface area contributed by atoms with Crippen LogP contribution in [-0.4, -0.2) is 5.91 Å². The van der Waals surface area contributed by atoms with E-state index in [1.807, 2.05) is 12.1 Å². The Morgan fingerprint density at radius 3 is 2.67 bits per heavy atom. The van der Waals surface area contributed by atoms with Crippen LogP contribution in [0.15, 0.2) is 22.7 Å². The van der Waals surface area contributed by atoms with Crippen LogP contribution in [-0.2, 0) is 4.79 Å². The molecule has 1 amide bonds. The molecule has 3 nitrogen and oxygen atoms in total. The third-order valence-electron chi connectivity index (χ3n) is 3.63. The van der Waals surface area contributed by atoms with Gasteiger partial charge in [0.25, 0.3) is 0 Å². The lowest BCUT2D eigenvalue weighted by atomic mass is 9.82. The van der Waals surface area contributed by atoms with Crippen molar-refractivity contribution in [2.24, 2.45) is 11.8 Å². The Balaban J connectivity index is 2.00. The highest BCUT2D eigenvalue weighted by Gasteiger charge is 2.24. The number of hydrogen-bond donors (Lipinski definition) is 2. The normalized spacial score (nSPS) is 23.7. The molecular formula is C14H19BrN2O. The van der Waals surface area contributed by atoms with E-state index in [1.165, 1.54) is 0 Å². The number of halogens is 1. The summed E-state index contributed by atoms with van der Waals surface area (Å²) < 4.78 is 0.870. The number of benzene rings is 1. The summed E-state index contributed by atoms with van der Waals surface area (Å²) in [5, 5.41) is 2.97. The van der Waals surface area contributed by atoms with Crippen molar-refractivity contribution in [1.29, 1.82) is 0 Å². The summed E-state index contributed by atoms with van der Waals surface area (Å²) in [7, 11) is 0. The molecule has 1 aliphatic rings. The van der Waals surface area contributed by atoms with Crippen LogP contribution >= 0.6 is 15.9 Å². The molecule has 98 valence electrons. The Morgan fingerprint density at radius 2 is 2.00 bits per heavy atom. The Kier molecular flexibility index (Phi) is 4.27. The molecule has 0 aliphatic heterocycles. The molecule has 1 aliphatic carbocycles. The SMILES string of the molecule is CC1CCC(C(=O)Nc2cc(N)ccc2Br)CC1. The molecule has 2 rings (SSSR count). The fraction of sp³-hybridized carbons (Fsp3) is 0.500. The minimum atomic E-state index is 0.119. The van der Waals surface area contributed by atoms with E-state index in [9.17, 15) is 4.79 Å². The molecule has 18 heavy (non-hydrogen) atoms. The maximum atomic E-state index is 12.2. The molecule has 3 N–H and O–H groups in total. The predicted octanol–water partition coefficient (Wildman–Crippen LogP) is 3.80. The number of amides is 1. The number of hydrogen-bond acceptors (Lipinski definition) is 2. The zero-order valence-corrected chi connectivity index (χ0v) is 12.2.